The summed E-state index contributed by atoms with van der Waals surface area (Å²) in [5.41, 5.74) is -1.55. The van der Waals surface area contributed by atoms with Crippen LogP contribution in [0.2, 0.25) is 0 Å². The normalized spacial score (nSPS) is 25.4. The molecule has 2 unspecified atom stereocenters. The highest BCUT2D eigenvalue weighted by atomic mass is 19.3. The number of anilines is 1. The molecule has 5 aliphatic rings. The number of nitrogens with zero attached hydrogens (tertiary/aromatic N) is 7. The van der Waals surface area contributed by atoms with Crippen molar-refractivity contribution in [2.24, 2.45) is 18.4 Å². The molecule has 0 radical (unpaired) electrons. The van der Waals surface area contributed by atoms with Crippen LogP contribution in [0.4, 0.5) is 27.8 Å². The molecule has 0 amide bonds. The minimum atomic E-state index is -3.03. The zero-order valence-corrected chi connectivity index (χ0v) is 30.0. The summed E-state index contributed by atoms with van der Waals surface area (Å²) in [4.78, 5) is 15.8. The number of likely N-dealkylation sites (tertiary alicyclic amines) is 2. The Labute approximate surface area is 312 Å². The van der Waals surface area contributed by atoms with Crippen LogP contribution in [0.3, 0.4) is 0 Å². The van der Waals surface area contributed by atoms with Crippen LogP contribution in [-0.2, 0) is 11.8 Å². The van der Waals surface area contributed by atoms with E-state index >= 15 is 17.6 Å². The van der Waals surface area contributed by atoms with Gasteiger partial charge in [0.05, 0.1) is 29.6 Å². The van der Waals surface area contributed by atoms with Gasteiger partial charge >= 0.3 is 6.01 Å². The molecule has 10 nitrogen and oxygen atoms in total. The third kappa shape index (κ3) is 5.50. The fourth-order valence-electron chi connectivity index (χ4n) is 9.44. The van der Waals surface area contributed by atoms with Crippen molar-refractivity contribution in [1.82, 2.24) is 29.5 Å². The van der Waals surface area contributed by atoms with E-state index in [0.717, 1.165) is 45.7 Å². The van der Waals surface area contributed by atoms with Gasteiger partial charge in [0.2, 0.25) is 0 Å². The highest BCUT2D eigenvalue weighted by molar-refractivity contribution is 6.18. The van der Waals surface area contributed by atoms with Crippen LogP contribution >= 0.6 is 0 Å². The van der Waals surface area contributed by atoms with Gasteiger partial charge < -0.3 is 19.5 Å². The molecule has 5 fully saturated rings. The molecular formula is C40H38F5N7O3. The Hall–Kier alpha value is -4.78. The van der Waals surface area contributed by atoms with Gasteiger partial charge in [0.1, 0.15) is 41.2 Å². The number of hydrogen-bond donors (Lipinski definition) is 1. The van der Waals surface area contributed by atoms with Crippen LogP contribution in [-0.4, -0.2) is 118 Å². The maximum Gasteiger partial charge on any atom is 0.319 e. The number of fused-ring (bicyclic) bond motifs is 6. The second kappa shape index (κ2) is 12.4. The van der Waals surface area contributed by atoms with Crippen molar-refractivity contribution in [3.63, 3.8) is 0 Å². The van der Waals surface area contributed by atoms with Gasteiger partial charge in [-0.3, -0.25) is 14.5 Å². The number of piperazine rings is 1. The fourth-order valence-corrected chi connectivity index (χ4v) is 9.44. The number of aromatic hydroxyl groups is 1. The standard InChI is InChI=1S/C40H38F5N7O3/c1-3-27-30(42)7-4-22-8-26(53)9-28(31(22)27)32-34(43)36-33(29-15-49(2)48-35(29)32)37(52-24-5-6-25(52)14-50(13-24)10-21-16-54-17-21)47-38(46-36)55-20-39(18-40(39,44)45)19-51-11-23(41)12-51/h1,4,7-9,15,21,23-25,53H,5-6,10-14,16-20H2,2H3/t24?,25?,39-/m1/s1. The second-order valence-corrected chi connectivity index (χ2v) is 16.1. The first-order valence-electron chi connectivity index (χ1n) is 18.7. The first-order valence-corrected chi connectivity index (χ1v) is 18.7. The van der Waals surface area contributed by atoms with E-state index < -0.39 is 42.2 Å². The number of alkyl halides is 3. The smallest absolute Gasteiger partial charge is 0.319 e. The summed E-state index contributed by atoms with van der Waals surface area (Å²) in [6.07, 6.45) is 7.80. The van der Waals surface area contributed by atoms with Gasteiger partial charge in [0, 0.05) is 93.3 Å². The number of phenols is 1. The van der Waals surface area contributed by atoms with Crippen molar-refractivity contribution in [3.8, 4) is 35.2 Å². The highest BCUT2D eigenvalue weighted by Crippen LogP contribution is 2.61. The molecule has 6 heterocycles. The van der Waals surface area contributed by atoms with Gasteiger partial charge in [0.15, 0.2) is 5.82 Å². The third-order valence-corrected chi connectivity index (χ3v) is 12.3. The van der Waals surface area contributed by atoms with E-state index in [-0.39, 0.29) is 76.6 Å². The molecule has 4 aliphatic heterocycles. The molecule has 0 spiro atoms. The van der Waals surface area contributed by atoms with Crippen LogP contribution in [0, 0.1) is 35.3 Å². The Morgan fingerprint density at radius 1 is 1.02 bits per heavy atom. The number of terminal acetylenes is 1. The number of hydrogen-bond acceptors (Lipinski definition) is 9. The summed E-state index contributed by atoms with van der Waals surface area (Å²) in [5.74, 6) is -1.48. The number of ether oxygens (including phenoxy) is 2. The van der Waals surface area contributed by atoms with Gasteiger partial charge in [-0.05, 0) is 42.0 Å². The van der Waals surface area contributed by atoms with Crippen molar-refractivity contribution in [2.45, 2.75) is 43.4 Å². The van der Waals surface area contributed by atoms with E-state index in [1.807, 2.05) is 0 Å². The lowest BCUT2D eigenvalue weighted by Crippen LogP contribution is -2.56. The van der Waals surface area contributed by atoms with Crippen molar-refractivity contribution in [1.29, 1.82) is 0 Å². The van der Waals surface area contributed by atoms with Gasteiger partial charge in [0.25, 0.3) is 5.92 Å². The first kappa shape index (κ1) is 34.7. The lowest BCUT2D eigenvalue weighted by atomic mass is 9.91. The molecule has 1 saturated carbocycles. The maximum absolute atomic E-state index is 17.7. The molecule has 15 heteroatoms. The van der Waals surface area contributed by atoms with Crippen LogP contribution in [0.5, 0.6) is 11.8 Å². The number of halogens is 5. The molecule has 2 aromatic heterocycles. The van der Waals surface area contributed by atoms with Crippen molar-refractivity contribution < 1.29 is 36.5 Å². The largest absolute Gasteiger partial charge is 0.508 e. The predicted molar refractivity (Wildman–Crippen MR) is 195 cm³/mol. The molecule has 1 aliphatic carbocycles. The Balaban J connectivity index is 1.15. The van der Waals surface area contributed by atoms with E-state index in [9.17, 15) is 9.50 Å². The molecular weight excluding hydrogens is 721 g/mol. The summed E-state index contributed by atoms with van der Waals surface area (Å²) in [6.45, 7) is 3.57. The molecule has 2 bridgehead atoms. The van der Waals surface area contributed by atoms with Crippen LogP contribution in [0.15, 0.2) is 30.5 Å². The summed E-state index contributed by atoms with van der Waals surface area (Å²) < 4.78 is 89.6. The monoisotopic (exact) mass is 759 g/mol. The molecule has 10 rings (SSSR count). The molecule has 3 aromatic carbocycles. The lowest BCUT2D eigenvalue weighted by molar-refractivity contribution is -0.0484. The number of phenolic OH excluding ortho intramolecular Hbond substituents is 1. The number of benzene rings is 3. The van der Waals surface area contributed by atoms with E-state index in [1.165, 1.54) is 24.3 Å². The van der Waals surface area contributed by atoms with Gasteiger partial charge in [-0.2, -0.15) is 15.1 Å². The highest BCUT2D eigenvalue weighted by Gasteiger charge is 2.72. The zero-order chi connectivity index (χ0) is 38.0. The molecule has 1 N–H and O–H groups in total. The van der Waals surface area contributed by atoms with E-state index in [1.54, 1.807) is 22.8 Å². The Bertz CT molecular complexity index is 2430. The lowest BCUT2D eigenvalue weighted by Gasteiger charge is -2.44. The summed E-state index contributed by atoms with van der Waals surface area (Å²) in [7, 11) is 1.70. The summed E-state index contributed by atoms with van der Waals surface area (Å²) in [6, 6.07) is 5.17. The minimum absolute atomic E-state index is 0.0236. The van der Waals surface area contributed by atoms with Gasteiger partial charge in [-0.25, -0.2) is 22.0 Å². The Morgan fingerprint density at radius 2 is 1.76 bits per heavy atom. The van der Waals surface area contributed by atoms with Crippen LogP contribution in [0.25, 0.3) is 43.7 Å². The first-order chi connectivity index (χ1) is 26.4. The molecule has 4 saturated heterocycles. The summed E-state index contributed by atoms with van der Waals surface area (Å²) >= 11 is 0. The van der Waals surface area contributed by atoms with Crippen LogP contribution < -0.4 is 9.64 Å². The van der Waals surface area contributed by atoms with Gasteiger partial charge in [-0.15, -0.1) is 6.42 Å². The SMILES string of the molecule is C#Cc1c(F)ccc2cc(O)cc(-c3c(F)c4nc(OC[C@]5(CN6CC(F)C6)CC5(F)F)nc(N5C6CCC5CN(CC5COC5)C6)c4c4cn(C)nc34)c12. The number of rotatable bonds is 9. The fraction of sp³-hybridized carbons (Fsp3) is 0.475. The quantitative estimate of drug-likeness (QED) is 0.151. The van der Waals surface area contributed by atoms with Crippen molar-refractivity contribution in [3.05, 3.63) is 47.7 Å². The molecule has 55 heavy (non-hydrogen) atoms. The average Bonchev–Trinajstić information content (AvgIpc) is 3.30. The molecule has 5 aromatic rings. The average molecular weight is 760 g/mol. The van der Waals surface area contributed by atoms with Gasteiger partial charge in [-0.1, -0.05) is 12.0 Å². The number of aryl methyl sites for hydroxylation is 1. The van der Waals surface area contributed by atoms with Crippen molar-refractivity contribution in [2.75, 3.05) is 64.0 Å². The zero-order valence-electron chi connectivity index (χ0n) is 30.0. The number of aromatic nitrogens is 4. The maximum atomic E-state index is 17.7. The minimum Gasteiger partial charge on any atom is -0.508 e. The van der Waals surface area contributed by atoms with E-state index in [0.29, 0.717) is 27.9 Å². The Morgan fingerprint density at radius 3 is 2.42 bits per heavy atom. The third-order valence-electron chi connectivity index (χ3n) is 12.3. The topological polar surface area (TPSA) is 92.0 Å². The Kier molecular flexibility index (Phi) is 7.80. The van der Waals surface area contributed by atoms with Crippen LogP contribution in [0.1, 0.15) is 24.8 Å². The predicted octanol–water partition coefficient (Wildman–Crippen LogP) is 5.66. The van der Waals surface area contributed by atoms with E-state index in [4.69, 9.17) is 20.9 Å². The van der Waals surface area contributed by atoms with E-state index in [2.05, 4.69) is 25.8 Å². The second-order valence-electron chi connectivity index (χ2n) is 16.1. The van der Waals surface area contributed by atoms with Crippen molar-refractivity contribution >= 4 is 38.4 Å². The summed E-state index contributed by atoms with van der Waals surface area (Å²) in [5, 5.41) is 17.0. The molecule has 286 valence electrons. The molecule has 3 atom stereocenters.